The van der Waals surface area contributed by atoms with Crippen LogP contribution in [0.4, 0.5) is 0 Å². The van der Waals surface area contributed by atoms with Gasteiger partial charge in [0, 0.05) is 44.1 Å². The second kappa shape index (κ2) is 9.73. The molecule has 0 amide bonds. The normalized spacial score (nSPS) is 25.1. The summed E-state index contributed by atoms with van der Waals surface area (Å²) in [4.78, 5) is 7.04. The van der Waals surface area contributed by atoms with Gasteiger partial charge in [0.1, 0.15) is 0 Å². The number of guanidine groups is 1. The molecule has 28 heavy (non-hydrogen) atoms. The number of rotatable bonds is 4. The predicted molar refractivity (Wildman–Crippen MR) is 125 cm³/mol. The van der Waals surface area contributed by atoms with Crippen LogP contribution in [0, 0.1) is 0 Å². The Labute approximate surface area is 184 Å². The number of aromatic nitrogens is 2. The van der Waals surface area contributed by atoms with E-state index in [4.69, 9.17) is 0 Å². The molecular weight excluding hydrogens is 463 g/mol. The summed E-state index contributed by atoms with van der Waals surface area (Å²) in [6.07, 6.45) is 10.2. The van der Waals surface area contributed by atoms with E-state index in [9.17, 15) is 0 Å². The average molecular weight is 494 g/mol. The summed E-state index contributed by atoms with van der Waals surface area (Å²) in [5, 5.41) is 11.4. The molecule has 2 saturated heterocycles. The van der Waals surface area contributed by atoms with Crippen LogP contribution in [-0.2, 0) is 6.54 Å². The van der Waals surface area contributed by atoms with Crippen molar-refractivity contribution >= 4 is 29.9 Å². The first-order valence-electron chi connectivity index (χ1n) is 10.0. The second-order valence-electron chi connectivity index (χ2n) is 7.76. The molecule has 3 heterocycles. The quantitative estimate of drug-likeness (QED) is 0.390. The van der Waals surface area contributed by atoms with E-state index in [1.165, 1.54) is 37.7 Å². The topological polar surface area (TPSA) is 57.5 Å². The van der Waals surface area contributed by atoms with E-state index in [1.54, 1.807) is 6.20 Å². The molecule has 2 aliphatic rings. The van der Waals surface area contributed by atoms with Crippen LogP contribution in [0.1, 0.15) is 37.7 Å². The van der Waals surface area contributed by atoms with Gasteiger partial charge in [0.15, 0.2) is 5.96 Å². The fraction of sp³-hybridized carbons (Fsp3) is 0.524. The van der Waals surface area contributed by atoms with Crippen LogP contribution in [0.15, 0.2) is 47.7 Å². The minimum absolute atomic E-state index is 0. The number of piperidine rings is 2. The van der Waals surface area contributed by atoms with Crippen molar-refractivity contribution in [3.8, 4) is 5.69 Å². The Morgan fingerprint density at radius 1 is 1.21 bits per heavy atom. The Balaban J connectivity index is 0.00000225. The molecule has 2 unspecified atom stereocenters. The van der Waals surface area contributed by atoms with Crippen molar-refractivity contribution in [1.29, 1.82) is 0 Å². The monoisotopic (exact) mass is 494 g/mol. The molecular formula is C21H31IN6. The first-order valence-corrected chi connectivity index (χ1v) is 10.0. The van der Waals surface area contributed by atoms with Crippen LogP contribution in [0.3, 0.4) is 0 Å². The largest absolute Gasteiger partial charge is 0.354 e. The lowest BCUT2D eigenvalue weighted by Crippen LogP contribution is -2.56. The van der Waals surface area contributed by atoms with Crippen LogP contribution in [0.2, 0.25) is 0 Å². The molecule has 2 aliphatic heterocycles. The van der Waals surface area contributed by atoms with E-state index < -0.39 is 0 Å². The van der Waals surface area contributed by atoms with Gasteiger partial charge in [-0.3, -0.25) is 4.99 Å². The number of hydrogen-bond acceptors (Lipinski definition) is 3. The Morgan fingerprint density at radius 3 is 2.68 bits per heavy atom. The molecule has 0 radical (unpaired) electrons. The van der Waals surface area contributed by atoms with E-state index in [0.29, 0.717) is 6.04 Å². The number of aliphatic imine (C=N–C) groups is 1. The first kappa shape index (κ1) is 21.1. The maximum Gasteiger partial charge on any atom is 0.191 e. The van der Waals surface area contributed by atoms with Crippen molar-refractivity contribution in [2.24, 2.45) is 4.99 Å². The smallest absolute Gasteiger partial charge is 0.191 e. The fourth-order valence-electron chi connectivity index (χ4n) is 4.54. The third-order valence-electron chi connectivity index (χ3n) is 6.04. The minimum atomic E-state index is 0. The van der Waals surface area contributed by atoms with Gasteiger partial charge in [-0.1, -0.05) is 18.6 Å². The van der Waals surface area contributed by atoms with Gasteiger partial charge < -0.3 is 15.5 Å². The molecule has 1 aromatic heterocycles. The number of halogens is 1. The fourth-order valence-corrected chi connectivity index (χ4v) is 4.54. The minimum Gasteiger partial charge on any atom is -0.354 e. The summed E-state index contributed by atoms with van der Waals surface area (Å²) in [5.74, 6) is 0.895. The third-order valence-corrected chi connectivity index (χ3v) is 6.04. The van der Waals surface area contributed by atoms with Gasteiger partial charge in [-0.15, -0.1) is 24.0 Å². The van der Waals surface area contributed by atoms with Crippen molar-refractivity contribution in [3.05, 3.63) is 48.3 Å². The summed E-state index contributed by atoms with van der Waals surface area (Å²) in [7, 11) is 4.15. The van der Waals surface area contributed by atoms with Gasteiger partial charge in [0.25, 0.3) is 0 Å². The Hall–Kier alpha value is -1.61. The lowest BCUT2D eigenvalue weighted by Gasteiger charge is -2.47. The number of fused-ring (bicyclic) bond motifs is 2. The number of benzene rings is 1. The van der Waals surface area contributed by atoms with Crippen LogP contribution >= 0.6 is 24.0 Å². The molecule has 6 nitrogen and oxygen atoms in total. The van der Waals surface area contributed by atoms with Gasteiger partial charge >= 0.3 is 0 Å². The highest BCUT2D eigenvalue weighted by Gasteiger charge is 2.36. The Morgan fingerprint density at radius 2 is 2.00 bits per heavy atom. The lowest BCUT2D eigenvalue weighted by atomic mass is 9.82. The Kier molecular flexibility index (Phi) is 7.34. The van der Waals surface area contributed by atoms with Crippen LogP contribution in [-0.4, -0.2) is 52.9 Å². The number of hydrogen-bond donors (Lipinski definition) is 2. The highest BCUT2D eigenvalue weighted by atomic mass is 127. The van der Waals surface area contributed by atoms with E-state index >= 15 is 0 Å². The van der Waals surface area contributed by atoms with Crippen molar-refractivity contribution in [2.75, 3.05) is 14.1 Å². The molecule has 2 bridgehead atoms. The van der Waals surface area contributed by atoms with Crippen molar-refractivity contribution in [2.45, 2.75) is 56.8 Å². The summed E-state index contributed by atoms with van der Waals surface area (Å²) in [5.41, 5.74) is 2.29. The average Bonchev–Trinajstić information content (AvgIpc) is 3.21. The van der Waals surface area contributed by atoms with Crippen molar-refractivity contribution < 1.29 is 0 Å². The summed E-state index contributed by atoms with van der Waals surface area (Å²) < 4.78 is 1.88. The zero-order chi connectivity index (χ0) is 18.6. The molecule has 2 fully saturated rings. The number of nitrogens with one attached hydrogen (secondary N) is 2. The standard InChI is InChI=1S/C21H30N6.HI/c1-22-21(25-17-13-18-7-4-8-19(14-17)26(18)2)23-15-16-6-3-9-20(12-16)27-11-5-10-24-27;/h3,5-6,9-12,17-19H,4,7-8,13-15H2,1-2H3,(H2,22,23,25);1H. The lowest BCUT2D eigenvalue weighted by molar-refractivity contribution is 0.0526. The highest BCUT2D eigenvalue weighted by Crippen LogP contribution is 2.32. The van der Waals surface area contributed by atoms with Crippen LogP contribution in [0.25, 0.3) is 5.69 Å². The van der Waals surface area contributed by atoms with E-state index in [2.05, 4.69) is 56.9 Å². The molecule has 152 valence electrons. The zero-order valence-electron chi connectivity index (χ0n) is 16.7. The van der Waals surface area contributed by atoms with E-state index in [1.807, 2.05) is 24.0 Å². The van der Waals surface area contributed by atoms with Gasteiger partial charge in [-0.2, -0.15) is 5.10 Å². The summed E-state index contributed by atoms with van der Waals surface area (Å²) in [6.45, 7) is 0.744. The van der Waals surface area contributed by atoms with Crippen LogP contribution in [0.5, 0.6) is 0 Å². The summed E-state index contributed by atoms with van der Waals surface area (Å²) >= 11 is 0. The SMILES string of the molecule is CN=C(NCc1cccc(-n2cccn2)c1)NC1CC2CCCC(C1)N2C.I. The molecule has 7 heteroatoms. The van der Waals surface area contributed by atoms with Gasteiger partial charge in [0.05, 0.1) is 5.69 Å². The van der Waals surface area contributed by atoms with Gasteiger partial charge in [0.2, 0.25) is 0 Å². The molecule has 4 rings (SSSR count). The number of nitrogens with zero attached hydrogens (tertiary/aromatic N) is 4. The Bertz CT molecular complexity index is 761. The summed E-state index contributed by atoms with van der Waals surface area (Å²) in [6, 6.07) is 12.3. The highest BCUT2D eigenvalue weighted by molar-refractivity contribution is 14.0. The third kappa shape index (κ3) is 4.86. The van der Waals surface area contributed by atoms with Gasteiger partial charge in [-0.25, -0.2) is 4.68 Å². The van der Waals surface area contributed by atoms with E-state index in [0.717, 1.165) is 30.3 Å². The van der Waals surface area contributed by atoms with Gasteiger partial charge in [-0.05, 0) is 56.5 Å². The maximum absolute atomic E-state index is 4.45. The van der Waals surface area contributed by atoms with Crippen molar-refractivity contribution in [3.63, 3.8) is 0 Å². The molecule has 0 spiro atoms. The first-order chi connectivity index (χ1) is 13.2. The molecule has 0 saturated carbocycles. The maximum atomic E-state index is 4.45. The zero-order valence-corrected chi connectivity index (χ0v) is 19.0. The second-order valence-corrected chi connectivity index (χ2v) is 7.76. The molecule has 2 N–H and O–H groups in total. The molecule has 2 atom stereocenters. The van der Waals surface area contributed by atoms with E-state index in [-0.39, 0.29) is 24.0 Å². The van der Waals surface area contributed by atoms with Crippen molar-refractivity contribution in [1.82, 2.24) is 25.3 Å². The molecule has 1 aromatic carbocycles. The molecule has 0 aliphatic carbocycles. The molecule has 2 aromatic rings. The van der Waals surface area contributed by atoms with Crippen LogP contribution < -0.4 is 10.6 Å². The predicted octanol–water partition coefficient (Wildman–Crippen LogP) is 3.17.